The van der Waals surface area contributed by atoms with Gasteiger partial charge in [-0.25, -0.2) is 0 Å². The number of allylic oxidation sites excluding steroid dienone is 4. The van der Waals surface area contributed by atoms with Gasteiger partial charge in [0.15, 0.2) is 0 Å². The normalized spacial score (nSPS) is 19.0. The minimum absolute atomic E-state index is 0.279. The third kappa shape index (κ3) is 3.49. The molecule has 0 N–H and O–H groups in total. The summed E-state index contributed by atoms with van der Waals surface area (Å²) in [4.78, 5) is 0. The lowest BCUT2D eigenvalue weighted by atomic mass is 10.1. The molecule has 1 aliphatic carbocycles. The van der Waals surface area contributed by atoms with Gasteiger partial charge in [-0.15, -0.1) is 0 Å². The smallest absolute Gasteiger partial charge is 0.117 e. The van der Waals surface area contributed by atoms with E-state index in [0.717, 1.165) is 0 Å². The van der Waals surface area contributed by atoms with Crippen LogP contribution >= 0.6 is 0 Å². The maximum Gasteiger partial charge on any atom is 0.117 e. The van der Waals surface area contributed by atoms with E-state index in [1.54, 1.807) is 10.8 Å². The molecule has 2 rings (SSSR count). The number of benzene rings is 1. The van der Waals surface area contributed by atoms with Crippen molar-refractivity contribution in [3.8, 4) is 5.75 Å². The van der Waals surface area contributed by atoms with E-state index < -0.39 is 16.1 Å². The first kappa shape index (κ1) is 23.2. The molecule has 0 aliphatic heterocycles. The van der Waals surface area contributed by atoms with Gasteiger partial charge in [-0.3, -0.25) is 0 Å². The van der Waals surface area contributed by atoms with Gasteiger partial charge in [-0.2, -0.15) is 0 Å². The second-order valence-corrected chi connectivity index (χ2v) is 20.6. The fourth-order valence-corrected chi connectivity index (χ4v) is 11.3. The van der Waals surface area contributed by atoms with E-state index >= 15 is 0 Å². The van der Waals surface area contributed by atoms with Crippen LogP contribution in [-0.4, -0.2) is 23.3 Å². The minimum atomic E-state index is -1.89. The fraction of sp³-hybridized carbons (Fsp3) is 0.600. The van der Waals surface area contributed by atoms with Crippen LogP contribution in [-0.2, 0) is 0 Å². The maximum atomic E-state index is 6.22. The molecule has 0 saturated carbocycles. The SMILES string of the molecule is COc1c([Si](C)(C)C2=C(C)C(C)=C(C)C2C)cc(C)cc1[Si](C)(C)C(C)(C)C. The van der Waals surface area contributed by atoms with E-state index in [-0.39, 0.29) is 5.04 Å². The summed E-state index contributed by atoms with van der Waals surface area (Å²) in [5, 5.41) is 4.94. The summed E-state index contributed by atoms with van der Waals surface area (Å²) in [6, 6.07) is 4.84. The molecule has 0 amide bonds. The second-order valence-electron chi connectivity index (χ2n) is 11.0. The van der Waals surface area contributed by atoms with Crippen LogP contribution < -0.4 is 15.1 Å². The van der Waals surface area contributed by atoms with Crippen LogP contribution in [0.25, 0.3) is 0 Å². The molecule has 1 atom stereocenters. The van der Waals surface area contributed by atoms with Crippen molar-refractivity contribution in [1.29, 1.82) is 0 Å². The number of aryl methyl sites for hydroxylation is 1. The molecule has 1 aromatic carbocycles. The molecule has 0 saturated heterocycles. The molecule has 3 heteroatoms. The van der Waals surface area contributed by atoms with Gasteiger partial charge in [-0.1, -0.05) is 87.9 Å². The molecular formula is C25H42OSi2. The minimum Gasteiger partial charge on any atom is -0.497 e. The Kier molecular flexibility index (Phi) is 6.07. The summed E-state index contributed by atoms with van der Waals surface area (Å²) >= 11 is 0. The van der Waals surface area contributed by atoms with E-state index in [4.69, 9.17) is 4.74 Å². The lowest BCUT2D eigenvalue weighted by molar-refractivity contribution is 0.420. The van der Waals surface area contributed by atoms with Gasteiger partial charge in [0.2, 0.25) is 0 Å². The van der Waals surface area contributed by atoms with Gasteiger partial charge >= 0.3 is 0 Å². The first-order chi connectivity index (χ1) is 12.6. The summed E-state index contributed by atoms with van der Waals surface area (Å²) in [6.45, 7) is 28.9. The largest absolute Gasteiger partial charge is 0.497 e. The quantitative estimate of drug-likeness (QED) is 0.513. The number of ether oxygens (including phenoxy) is 1. The second kappa shape index (κ2) is 7.32. The number of rotatable bonds is 4. The van der Waals surface area contributed by atoms with E-state index in [1.165, 1.54) is 32.8 Å². The zero-order valence-corrected chi connectivity index (χ0v) is 22.6. The summed E-state index contributed by atoms with van der Waals surface area (Å²) < 4.78 is 6.22. The van der Waals surface area contributed by atoms with Crippen LogP contribution in [0.2, 0.25) is 31.2 Å². The molecule has 156 valence electrons. The number of methoxy groups -OCH3 is 1. The highest BCUT2D eigenvalue weighted by Gasteiger charge is 2.43. The molecular weight excluding hydrogens is 372 g/mol. The van der Waals surface area contributed by atoms with Gasteiger partial charge in [0.05, 0.1) is 15.2 Å². The molecule has 0 fully saturated rings. The van der Waals surface area contributed by atoms with Gasteiger partial charge in [0.25, 0.3) is 0 Å². The van der Waals surface area contributed by atoms with Crippen molar-refractivity contribution in [3.63, 3.8) is 0 Å². The van der Waals surface area contributed by atoms with Crippen LogP contribution in [0.15, 0.2) is 34.0 Å². The van der Waals surface area contributed by atoms with Crippen LogP contribution in [0.4, 0.5) is 0 Å². The van der Waals surface area contributed by atoms with Crippen molar-refractivity contribution in [2.45, 2.75) is 86.6 Å². The summed E-state index contributed by atoms with van der Waals surface area (Å²) in [7, 11) is -1.73. The van der Waals surface area contributed by atoms with Crippen molar-refractivity contribution >= 4 is 26.5 Å². The highest BCUT2D eigenvalue weighted by atomic mass is 28.3. The van der Waals surface area contributed by atoms with Crippen molar-refractivity contribution in [2.75, 3.05) is 7.11 Å². The van der Waals surface area contributed by atoms with Crippen LogP contribution in [0.1, 0.15) is 54.0 Å². The number of hydrogen-bond acceptors (Lipinski definition) is 1. The Morgan fingerprint density at radius 2 is 1.36 bits per heavy atom. The van der Waals surface area contributed by atoms with Crippen molar-refractivity contribution in [3.05, 3.63) is 39.6 Å². The lowest BCUT2D eigenvalue weighted by Crippen LogP contribution is -2.54. The van der Waals surface area contributed by atoms with Crippen molar-refractivity contribution in [2.24, 2.45) is 5.92 Å². The highest BCUT2D eigenvalue weighted by molar-refractivity contribution is 6.98. The summed E-state index contributed by atoms with van der Waals surface area (Å²) in [6.07, 6.45) is 0. The van der Waals surface area contributed by atoms with Crippen molar-refractivity contribution < 1.29 is 4.74 Å². The fourth-order valence-electron chi connectivity index (χ4n) is 4.84. The summed E-state index contributed by atoms with van der Waals surface area (Å²) in [5.41, 5.74) is 5.95. The predicted octanol–water partition coefficient (Wildman–Crippen LogP) is 6.48. The molecule has 28 heavy (non-hydrogen) atoms. The van der Waals surface area contributed by atoms with E-state index in [0.29, 0.717) is 5.92 Å². The zero-order valence-electron chi connectivity index (χ0n) is 20.6. The maximum absolute atomic E-state index is 6.22. The Morgan fingerprint density at radius 1 is 0.857 bits per heavy atom. The van der Waals surface area contributed by atoms with E-state index in [9.17, 15) is 0 Å². The van der Waals surface area contributed by atoms with E-state index in [2.05, 4.69) is 93.7 Å². The topological polar surface area (TPSA) is 9.23 Å². The van der Waals surface area contributed by atoms with Crippen molar-refractivity contribution in [1.82, 2.24) is 0 Å². The monoisotopic (exact) mass is 414 g/mol. The molecule has 0 radical (unpaired) electrons. The highest BCUT2D eigenvalue weighted by Crippen LogP contribution is 2.43. The average Bonchev–Trinajstić information content (AvgIpc) is 2.76. The molecule has 1 unspecified atom stereocenters. The van der Waals surface area contributed by atoms with Crippen LogP contribution in [0.3, 0.4) is 0 Å². The Bertz CT molecular complexity index is 848. The molecule has 0 spiro atoms. The van der Waals surface area contributed by atoms with Gasteiger partial charge in [0.1, 0.15) is 13.8 Å². The third-order valence-corrected chi connectivity index (χ3v) is 17.3. The van der Waals surface area contributed by atoms with Crippen LogP contribution in [0, 0.1) is 12.8 Å². The zero-order chi connectivity index (χ0) is 21.8. The van der Waals surface area contributed by atoms with Gasteiger partial charge < -0.3 is 4.74 Å². The molecule has 1 aromatic rings. The predicted molar refractivity (Wildman–Crippen MR) is 132 cm³/mol. The average molecular weight is 415 g/mol. The third-order valence-electron chi connectivity index (χ3n) is 7.97. The van der Waals surface area contributed by atoms with Gasteiger partial charge in [-0.05, 0) is 54.6 Å². The Hall–Kier alpha value is -1.07. The molecule has 0 heterocycles. The first-order valence-corrected chi connectivity index (χ1v) is 16.7. The molecule has 1 aliphatic rings. The number of hydrogen-bond donors (Lipinski definition) is 0. The Morgan fingerprint density at radius 3 is 1.75 bits per heavy atom. The molecule has 0 bridgehead atoms. The molecule has 1 nitrogen and oxygen atoms in total. The van der Waals surface area contributed by atoms with Gasteiger partial charge in [0, 0.05) is 0 Å². The lowest BCUT2D eigenvalue weighted by Gasteiger charge is -2.40. The standard InChI is InChI=1S/C25H42OSi2/c1-16-14-21(23(26-9)22(15-16)28(12,13)25(6,7)8)27(10,11)24-19(4)17(2)18(3)20(24)5/h14-15,19H,1-13H3. The molecule has 0 aromatic heterocycles. The summed E-state index contributed by atoms with van der Waals surface area (Å²) in [5.74, 6) is 1.73. The van der Waals surface area contributed by atoms with Crippen LogP contribution in [0.5, 0.6) is 5.75 Å². The Labute approximate surface area is 176 Å². The first-order valence-electron chi connectivity index (χ1n) is 10.7. The Balaban J connectivity index is 2.81. The van der Waals surface area contributed by atoms with E-state index in [1.807, 2.05) is 7.11 Å².